The Morgan fingerprint density at radius 2 is 1.75 bits per heavy atom. The summed E-state index contributed by atoms with van der Waals surface area (Å²) in [6, 6.07) is 20.6. The summed E-state index contributed by atoms with van der Waals surface area (Å²) in [5.41, 5.74) is 1.82. The normalized spacial score (nSPS) is 11.0. The second-order valence-corrected chi connectivity index (χ2v) is 8.88. The molecule has 0 atom stereocenters. The molecule has 0 saturated heterocycles. The average Bonchev–Trinajstić information content (AvgIpc) is 2.79. The molecule has 0 aliphatic rings. The molecule has 0 unspecified atom stereocenters. The summed E-state index contributed by atoms with van der Waals surface area (Å²) in [6.45, 7) is 3.72. The van der Waals surface area contributed by atoms with E-state index in [-0.39, 0.29) is 23.7 Å². The van der Waals surface area contributed by atoms with Gasteiger partial charge in [-0.3, -0.25) is 9.10 Å². The number of anilines is 2. The Morgan fingerprint density at radius 3 is 2.41 bits per heavy atom. The van der Waals surface area contributed by atoms with Gasteiger partial charge < -0.3 is 14.8 Å². The molecule has 168 valence electrons. The lowest BCUT2D eigenvalue weighted by Gasteiger charge is -2.23. The average molecular weight is 455 g/mol. The van der Waals surface area contributed by atoms with Crippen molar-refractivity contribution in [2.45, 2.75) is 18.7 Å². The number of carbonyl (C=O) groups is 1. The highest BCUT2D eigenvalue weighted by atomic mass is 32.2. The van der Waals surface area contributed by atoms with Crippen LogP contribution in [-0.4, -0.2) is 34.6 Å². The van der Waals surface area contributed by atoms with Crippen molar-refractivity contribution in [1.29, 1.82) is 0 Å². The Morgan fingerprint density at radius 1 is 1.00 bits per heavy atom. The van der Waals surface area contributed by atoms with Gasteiger partial charge in [-0.25, -0.2) is 8.42 Å². The van der Waals surface area contributed by atoms with Gasteiger partial charge in [0.1, 0.15) is 11.5 Å². The van der Waals surface area contributed by atoms with E-state index in [4.69, 9.17) is 9.47 Å². The summed E-state index contributed by atoms with van der Waals surface area (Å²) in [5.74, 6) is 0.482. The number of hydrogen-bond acceptors (Lipinski definition) is 5. The zero-order valence-electron chi connectivity index (χ0n) is 18.2. The van der Waals surface area contributed by atoms with Crippen molar-refractivity contribution in [1.82, 2.24) is 0 Å². The molecule has 0 aromatic heterocycles. The fraction of sp³-hybridized carbons (Fsp3) is 0.208. The molecule has 0 spiro atoms. The van der Waals surface area contributed by atoms with E-state index < -0.39 is 15.9 Å². The van der Waals surface area contributed by atoms with Crippen molar-refractivity contribution in [3.05, 3.63) is 78.4 Å². The number of amides is 1. The summed E-state index contributed by atoms with van der Waals surface area (Å²) < 4.78 is 38.7. The number of methoxy groups -OCH3 is 1. The minimum atomic E-state index is -3.85. The number of benzene rings is 3. The van der Waals surface area contributed by atoms with Crippen LogP contribution in [0.2, 0.25) is 0 Å². The number of carbonyl (C=O) groups excluding carboxylic acids is 1. The highest BCUT2D eigenvalue weighted by Gasteiger charge is 2.25. The van der Waals surface area contributed by atoms with Crippen LogP contribution in [0.25, 0.3) is 0 Å². The molecule has 3 aromatic rings. The molecule has 8 heteroatoms. The van der Waals surface area contributed by atoms with Crippen molar-refractivity contribution in [3.8, 4) is 11.5 Å². The van der Waals surface area contributed by atoms with Gasteiger partial charge in [-0.05, 0) is 61.9 Å². The third-order valence-electron chi connectivity index (χ3n) is 4.72. The zero-order chi connectivity index (χ0) is 23.1. The topological polar surface area (TPSA) is 84.9 Å². The predicted molar refractivity (Wildman–Crippen MR) is 125 cm³/mol. The summed E-state index contributed by atoms with van der Waals surface area (Å²) in [7, 11) is -2.40. The summed E-state index contributed by atoms with van der Waals surface area (Å²) >= 11 is 0. The lowest BCUT2D eigenvalue weighted by molar-refractivity contribution is -0.118. The van der Waals surface area contributed by atoms with E-state index in [9.17, 15) is 13.2 Å². The van der Waals surface area contributed by atoms with E-state index in [1.807, 2.05) is 31.2 Å². The van der Waals surface area contributed by atoms with Crippen molar-refractivity contribution < 1.29 is 22.7 Å². The van der Waals surface area contributed by atoms with Crippen LogP contribution in [0.1, 0.15) is 12.5 Å². The fourth-order valence-corrected chi connectivity index (χ4v) is 4.70. The molecule has 0 aliphatic carbocycles. The Balaban J connectivity index is 1.82. The third kappa shape index (κ3) is 5.39. The second-order valence-electron chi connectivity index (χ2n) is 7.02. The molecule has 7 nitrogen and oxygen atoms in total. The maximum Gasteiger partial charge on any atom is 0.264 e. The number of para-hydroxylation sites is 1. The first-order valence-corrected chi connectivity index (χ1v) is 11.5. The molecule has 0 radical (unpaired) electrons. The van der Waals surface area contributed by atoms with E-state index >= 15 is 0 Å². The molecular formula is C24H26N2O5S. The van der Waals surface area contributed by atoms with Gasteiger partial charge in [0, 0.05) is 6.54 Å². The minimum absolute atomic E-state index is 0.0407. The van der Waals surface area contributed by atoms with Crippen LogP contribution in [0.4, 0.5) is 11.4 Å². The van der Waals surface area contributed by atoms with Crippen molar-refractivity contribution >= 4 is 27.3 Å². The number of nitrogens with zero attached hydrogens (tertiary/aromatic N) is 1. The largest absolute Gasteiger partial charge is 0.495 e. The monoisotopic (exact) mass is 454 g/mol. The van der Waals surface area contributed by atoms with Gasteiger partial charge in [0.15, 0.2) is 6.61 Å². The predicted octanol–water partition coefficient (Wildman–Crippen LogP) is 4.24. The third-order valence-corrected chi connectivity index (χ3v) is 6.62. The molecule has 1 amide bonds. The Hall–Kier alpha value is -3.52. The highest BCUT2D eigenvalue weighted by Crippen LogP contribution is 2.30. The molecule has 32 heavy (non-hydrogen) atoms. The zero-order valence-corrected chi connectivity index (χ0v) is 19.1. The van der Waals surface area contributed by atoms with Gasteiger partial charge in [0.25, 0.3) is 15.9 Å². The van der Waals surface area contributed by atoms with Crippen molar-refractivity contribution in [2.75, 3.05) is 29.9 Å². The Labute approximate surface area is 188 Å². The lowest BCUT2D eigenvalue weighted by atomic mass is 10.2. The molecule has 0 fully saturated rings. The number of rotatable bonds is 9. The Bertz CT molecular complexity index is 1180. The fourth-order valence-electron chi connectivity index (χ4n) is 3.20. The van der Waals surface area contributed by atoms with E-state index in [0.29, 0.717) is 17.2 Å². The first kappa shape index (κ1) is 23.1. The molecule has 0 aliphatic heterocycles. The van der Waals surface area contributed by atoms with Crippen molar-refractivity contribution in [2.24, 2.45) is 0 Å². The lowest BCUT2D eigenvalue weighted by Crippen LogP contribution is -2.30. The molecule has 1 N–H and O–H groups in total. The van der Waals surface area contributed by atoms with Crippen LogP contribution >= 0.6 is 0 Å². The number of hydrogen-bond donors (Lipinski definition) is 1. The summed E-state index contributed by atoms with van der Waals surface area (Å²) in [5, 5.41) is 2.68. The minimum Gasteiger partial charge on any atom is -0.495 e. The van der Waals surface area contributed by atoms with E-state index in [2.05, 4.69) is 5.32 Å². The Kier molecular flexibility index (Phi) is 7.37. The second kappa shape index (κ2) is 10.2. The smallest absolute Gasteiger partial charge is 0.264 e. The molecule has 0 heterocycles. The van der Waals surface area contributed by atoms with E-state index in [1.165, 1.54) is 29.6 Å². The van der Waals surface area contributed by atoms with Gasteiger partial charge in [0.05, 0.1) is 23.4 Å². The van der Waals surface area contributed by atoms with Crippen molar-refractivity contribution in [3.63, 3.8) is 0 Å². The van der Waals surface area contributed by atoms with Crippen LogP contribution in [0.3, 0.4) is 0 Å². The molecular weight excluding hydrogens is 428 g/mol. The van der Waals surface area contributed by atoms with E-state index in [0.717, 1.165) is 5.56 Å². The van der Waals surface area contributed by atoms with Gasteiger partial charge >= 0.3 is 0 Å². The van der Waals surface area contributed by atoms with Gasteiger partial charge in [0.2, 0.25) is 0 Å². The maximum atomic E-state index is 13.3. The van der Waals surface area contributed by atoms with Crippen LogP contribution in [0.15, 0.2) is 77.7 Å². The first-order chi connectivity index (χ1) is 15.3. The molecule has 0 bridgehead atoms. The number of ether oxygens (including phenoxy) is 2. The van der Waals surface area contributed by atoms with Gasteiger partial charge in [-0.2, -0.15) is 0 Å². The maximum absolute atomic E-state index is 13.3. The van der Waals surface area contributed by atoms with Crippen LogP contribution in [-0.2, 0) is 14.8 Å². The van der Waals surface area contributed by atoms with Crippen LogP contribution in [0.5, 0.6) is 11.5 Å². The molecule has 0 saturated carbocycles. The quantitative estimate of drug-likeness (QED) is 0.523. The first-order valence-electron chi connectivity index (χ1n) is 10.1. The van der Waals surface area contributed by atoms with Gasteiger partial charge in [-0.1, -0.05) is 30.3 Å². The summed E-state index contributed by atoms with van der Waals surface area (Å²) in [6.07, 6.45) is 0. The van der Waals surface area contributed by atoms with Gasteiger partial charge in [-0.15, -0.1) is 0 Å². The van der Waals surface area contributed by atoms with E-state index in [1.54, 1.807) is 37.3 Å². The number of aryl methyl sites for hydroxylation is 1. The standard InChI is InChI=1S/C24H26N2O5S/c1-4-26(19-10-6-5-7-11-19)32(28,29)21-13-14-23(30-3)22(16-21)25-24(27)17-31-20-12-8-9-18(2)15-20/h5-16H,4,17H2,1-3H3,(H,25,27). The van der Waals surface area contributed by atoms with Crippen LogP contribution < -0.4 is 19.1 Å². The summed E-state index contributed by atoms with van der Waals surface area (Å²) in [4.78, 5) is 12.5. The number of nitrogens with one attached hydrogen (secondary N) is 1. The van der Waals surface area contributed by atoms with Crippen LogP contribution in [0, 0.1) is 6.92 Å². The molecule has 3 aromatic carbocycles. The number of sulfonamides is 1. The molecule has 3 rings (SSSR count). The SMILES string of the molecule is CCN(c1ccccc1)S(=O)(=O)c1ccc(OC)c(NC(=O)COc2cccc(C)c2)c1. The highest BCUT2D eigenvalue weighted by molar-refractivity contribution is 7.92.